The summed E-state index contributed by atoms with van der Waals surface area (Å²) < 4.78 is 16.4. The lowest BCUT2D eigenvalue weighted by Crippen LogP contribution is -3.14. The molecule has 2 aromatic carbocycles. The van der Waals surface area contributed by atoms with Crippen LogP contribution in [0.4, 0.5) is 0 Å². The van der Waals surface area contributed by atoms with Gasteiger partial charge in [0.05, 0.1) is 44.6 Å². The highest BCUT2D eigenvalue weighted by atomic mass is 16.5. The number of ether oxygens (including phenoxy) is 3. The summed E-state index contributed by atoms with van der Waals surface area (Å²) in [7, 11) is 1.59. The number of aliphatic hydroxyl groups excluding tert-OH is 1. The molecule has 2 aliphatic rings. The molecule has 0 bridgehead atoms. The maximum Gasteiger partial charge on any atom is 0.295 e. The zero-order valence-electron chi connectivity index (χ0n) is 21.2. The number of ketones is 1. The number of nitrogens with one attached hydrogen (secondary N) is 1. The van der Waals surface area contributed by atoms with E-state index in [1.54, 1.807) is 48.4 Å². The molecular formula is C28H35N2O6+. The molecule has 2 fully saturated rings. The van der Waals surface area contributed by atoms with Crippen LogP contribution in [0.3, 0.4) is 0 Å². The van der Waals surface area contributed by atoms with E-state index in [9.17, 15) is 14.7 Å². The highest BCUT2D eigenvalue weighted by Crippen LogP contribution is 2.40. The molecule has 1 atom stereocenters. The van der Waals surface area contributed by atoms with E-state index in [-0.39, 0.29) is 17.4 Å². The van der Waals surface area contributed by atoms with Gasteiger partial charge in [0.1, 0.15) is 30.3 Å². The molecule has 2 N–H and O–H groups in total. The molecule has 2 heterocycles. The largest absolute Gasteiger partial charge is 0.507 e. The Morgan fingerprint density at radius 3 is 2.31 bits per heavy atom. The van der Waals surface area contributed by atoms with E-state index >= 15 is 0 Å². The van der Waals surface area contributed by atoms with E-state index in [0.717, 1.165) is 44.8 Å². The smallest absolute Gasteiger partial charge is 0.295 e. The normalized spacial score (nSPS) is 20.2. The summed E-state index contributed by atoms with van der Waals surface area (Å²) in [6.45, 7) is 8.55. The average Bonchev–Trinajstić information content (AvgIpc) is 3.14. The first-order chi connectivity index (χ1) is 17.4. The standard InChI is InChI=1S/C28H34N2O6/c1-19(2)36-23-11-7-21(8-12-23)26(31)24-25(20-5-9-22(34-3)10-6-20)30(28(33)27(24)32)14-4-13-29-15-17-35-18-16-29/h5-12,19,25,31H,4,13-18H2,1-3H3/p+1/b26-24+/t25-/m0/s1. The summed E-state index contributed by atoms with van der Waals surface area (Å²) in [6.07, 6.45) is 0.764. The van der Waals surface area contributed by atoms with Crippen LogP contribution in [0.25, 0.3) is 5.76 Å². The summed E-state index contributed by atoms with van der Waals surface area (Å²) in [5.74, 6) is -0.109. The lowest BCUT2D eigenvalue weighted by molar-refractivity contribution is -0.908. The number of aliphatic hydroxyl groups is 1. The molecule has 2 aliphatic heterocycles. The third kappa shape index (κ3) is 5.71. The maximum atomic E-state index is 13.2. The lowest BCUT2D eigenvalue weighted by Gasteiger charge is -2.27. The molecule has 36 heavy (non-hydrogen) atoms. The Morgan fingerprint density at radius 2 is 1.69 bits per heavy atom. The minimum atomic E-state index is -0.679. The van der Waals surface area contributed by atoms with Crippen LogP contribution >= 0.6 is 0 Å². The third-order valence-corrected chi connectivity index (χ3v) is 6.60. The molecule has 0 radical (unpaired) electrons. The number of rotatable bonds is 9. The Bertz CT molecular complexity index is 1090. The van der Waals surface area contributed by atoms with E-state index in [4.69, 9.17) is 14.2 Å². The van der Waals surface area contributed by atoms with Crippen molar-refractivity contribution >= 4 is 17.4 Å². The lowest BCUT2D eigenvalue weighted by atomic mass is 9.95. The Hall–Kier alpha value is -3.36. The highest BCUT2D eigenvalue weighted by molar-refractivity contribution is 6.46. The minimum absolute atomic E-state index is 0.0177. The van der Waals surface area contributed by atoms with Crippen molar-refractivity contribution in [3.05, 3.63) is 65.2 Å². The number of morpholine rings is 1. The van der Waals surface area contributed by atoms with Crippen LogP contribution in [0.5, 0.6) is 11.5 Å². The van der Waals surface area contributed by atoms with Crippen LogP contribution < -0.4 is 14.4 Å². The monoisotopic (exact) mass is 495 g/mol. The molecule has 0 spiro atoms. The summed E-state index contributed by atoms with van der Waals surface area (Å²) in [6, 6.07) is 13.5. The van der Waals surface area contributed by atoms with Gasteiger partial charge < -0.3 is 29.1 Å². The van der Waals surface area contributed by atoms with Gasteiger partial charge in [-0.15, -0.1) is 0 Å². The van der Waals surface area contributed by atoms with E-state index in [0.29, 0.717) is 23.6 Å². The molecule has 0 unspecified atom stereocenters. The van der Waals surface area contributed by atoms with E-state index in [1.807, 2.05) is 26.0 Å². The third-order valence-electron chi connectivity index (χ3n) is 6.60. The fourth-order valence-corrected chi connectivity index (χ4v) is 4.77. The van der Waals surface area contributed by atoms with Gasteiger partial charge in [0.2, 0.25) is 0 Å². The summed E-state index contributed by atoms with van der Waals surface area (Å²) >= 11 is 0. The Balaban J connectivity index is 1.65. The van der Waals surface area contributed by atoms with Crippen molar-refractivity contribution in [2.45, 2.75) is 32.4 Å². The van der Waals surface area contributed by atoms with Crippen molar-refractivity contribution in [3.8, 4) is 11.5 Å². The number of quaternary nitrogens is 1. The SMILES string of the molecule is COc1ccc([C@H]2/C(=C(\O)c3ccc(OC(C)C)cc3)C(=O)C(=O)N2CCC[NH+]2CCOCC2)cc1. The van der Waals surface area contributed by atoms with Crippen molar-refractivity contribution < 1.29 is 33.8 Å². The quantitative estimate of drug-likeness (QED) is 0.315. The number of likely N-dealkylation sites (tertiary alicyclic amines) is 1. The number of carbonyl (C=O) groups excluding carboxylic acids is 2. The summed E-state index contributed by atoms with van der Waals surface area (Å²) in [5.41, 5.74) is 1.30. The van der Waals surface area contributed by atoms with Crippen LogP contribution in [0.1, 0.15) is 37.4 Å². The summed E-state index contributed by atoms with van der Waals surface area (Å²) in [4.78, 5) is 29.4. The molecule has 8 heteroatoms. The van der Waals surface area contributed by atoms with Crippen molar-refractivity contribution in [3.63, 3.8) is 0 Å². The Labute approximate surface area is 212 Å². The molecule has 0 aliphatic carbocycles. The Morgan fingerprint density at radius 1 is 1.06 bits per heavy atom. The number of hydrogen-bond acceptors (Lipinski definition) is 6. The molecule has 2 aromatic rings. The van der Waals surface area contributed by atoms with Gasteiger partial charge >= 0.3 is 0 Å². The number of hydrogen-bond donors (Lipinski definition) is 2. The zero-order chi connectivity index (χ0) is 25.7. The average molecular weight is 496 g/mol. The van der Waals surface area contributed by atoms with Gasteiger partial charge in [-0.1, -0.05) is 12.1 Å². The van der Waals surface area contributed by atoms with E-state index in [2.05, 4.69) is 0 Å². The number of nitrogens with zero attached hydrogens (tertiary/aromatic N) is 1. The number of benzene rings is 2. The van der Waals surface area contributed by atoms with Crippen LogP contribution in [-0.4, -0.2) is 74.3 Å². The van der Waals surface area contributed by atoms with Gasteiger partial charge in [0.15, 0.2) is 0 Å². The fourth-order valence-electron chi connectivity index (χ4n) is 4.77. The van der Waals surface area contributed by atoms with Crippen molar-refractivity contribution in [1.82, 2.24) is 4.90 Å². The van der Waals surface area contributed by atoms with Gasteiger partial charge in [-0.25, -0.2) is 0 Å². The minimum Gasteiger partial charge on any atom is -0.507 e. The van der Waals surface area contributed by atoms with Crippen LogP contribution in [0.2, 0.25) is 0 Å². The number of Topliss-reactive ketones (excluding diaryl/α,β-unsaturated/α-hetero) is 1. The first-order valence-corrected chi connectivity index (χ1v) is 12.5. The Kier molecular flexibility index (Phi) is 8.28. The van der Waals surface area contributed by atoms with Crippen LogP contribution in [0, 0.1) is 0 Å². The molecule has 192 valence electrons. The fraction of sp³-hybridized carbons (Fsp3) is 0.429. The van der Waals surface area contributed by atoms with Crippen molar-refractivity contribution in [2.75, 3.05) is 46.5 Å². The predicted molar refractivity (Wildman–Crippen MR) is 135 cm³/mol. The molecule has 0 aromatic heterocycles. The first kappa shape index (κ1) is 25.7. The molecule has 4 rings (SSSR count). The van der Waals surface area contributed by atoms with E-state index in [1.165, 1.54) is 4.90 Å². The highest BCUT2D eigenvalue weighted by Gasteiger charge is 2.45. The number of carbonyl (C=O) groups is 2. The topological polar surface area (TPSA) is 89.7 Å². The molecule has 1 amide bonds. The summed E-state index contributed by atoms with van der Waals surface area (Å²) in [5, 5.41) is 11.3. The molecule has 8 nitrogen and oxygen atoms in total. The van der Waals surface area contributed by atoms with Gasteiger partial charge in [-0.05, 0) is 55.8 Å². The molecular weight excluding hydrogens is 460 g/mol. The molecule has 0 saturated carbocycles. The van der Waals surface area contributed by atoms with Crippen molar-refractivity contribution in [2.24, 2.45) is 0 Å². The van der Waals surface area contributed by atoms with Gasteiger partial charge in [-0.3, -0.25) is 9.59 Å². The van der Waals surface area contributed by atoms with Gasteiger partial charge in [0, 0.05) is 18.5 Å². The molecule has 2 saturated heterocycles. The zero-order valence-corrected chi connectivity index (χ0v) is 21.2. The number of amides is 1. The second kappa shape index (κ2) is 11.6. The second-order valence-electron chi connectivity index (χ2n) is 9.42. The first-order valence-electron chi connectivity index (χ1n) is 12.5. The predicted octanol–water partition coefficient (Wildman–Crippen LogP) is 2.21. The van der Waals surface area contributed by atoms with Crippen molar-refractivity contribution in [1.29, 1.82) is 0 Å². The van der Waals surface area contributed by atoms with Gasteiger partial charge in [-0.2, -0.15) is 0 Å². The van der Waals surface area contributed by atoms with E-state index < -0.39 is 17.7 Å². The van der Waals surface area contributed by atoms with Gasteiger partial charge in [0.25, 0.3) is 11.7 Å². The van der Waals surface area contributed by atoms with Crippen LogP contribution in [-0.2, 0) is 14.3 Å². The second-order valence-corrected chi connectivity index (χ2v) is 9.42. The van der Waals surface area contributed by atoms with Crippen LogP contribution in [0.15, 0.2) is 54.1 Å². The number of methoxy groups -OCH3 is 1. The maximum absolute atomic E-state index is 13.2.